The highest BCUT2D eigenvalue weighted by Crippen LogP contribution is 2.22. The van der Waals surface area contributed by atoms with Gasteiger partial charge >= 0.3 is 0 Å². The molecule has 2 nitrogen and oxygen atoms in total. The topological polar surface area (TPSA) is 20.3 Å². The van der Waals surface area contributed by atoms with Gasteiger partial charge in [0.25, 0.3) is 0 Å². The minimum atomic E-state index is 0.153. The lowest BCUT2D eigenvalue weighted by atomic mass is 10.0. The van der Waals surface area contributed by atoms with E-state index in [0.29, 0.717) is 22.8 Å². The van der Waals surface area contributed by atoms with Gasteiger partial charge in [0.2, 0.25) is 0 Å². The summed E-state index contributed by atoms with van der Waals surface area (Å²) >= 11 is 7.18. The number of hydrogen-bond acceptors (Lipinski definition) is 3. The number of Topliss-reactive ketones (excluding diaryl/α,β-unsaturated/α-hetero) is 1. The van der Waals surface area contributed by atoms with E-state index in [9.17, 15) is 4.79 Å². The van der Waals surface area contributed by atoms with Gasteiger partial charge in [0, 0.05) is 6.04 Å². The van der Waals surface area contributed by atoms with Crippen molar-refractivity contribution < 1.29 is 4.79 Å². The fourth-order valence-electron chi connectivity index (χ4n) is 1.79. The van der Waals surface area contributed by atoms with Crippen LogP contribution >= 0.6 is 22.9 Å². The highest BCUT2D eigenvalue weighted by atomic mass is 35.5. The van der Waals surface area contributed by atoms with Crippen molar-refractivity contribution in [3.05, 3.63) is 21.3 Å². The number of rotatable bonds is 6. The molecule has 17 heavy (non-hydrogen) atoms. The average Bonchev–Trinajstić information content (AvgIpc) is 2.63. The minimum Gasteiger partial charge on any atom is -0.296 e. The molecule has 0 aliphatic heterocycles. The molecule has 0 saturated heterocycles. The molecule has 1 rings (SSSR count). The van der Waals surface area contributed by atoms with E-state index in [-0.39, 0.29) is 5.78 Å². The first-order valence-electron chi connectivity index (χ1n) is 5.89. The normalized spacial score (nSPS) is 13.4. The Hall–Kier alpha value is -0.380. The molecule has 0 amide bonds. The van der Waals surface area contributed by atoms with E-state index >= 15 is 0 Å². The van der Waals surface area contributed by atoms with Crippen LogP contribution in [0, 0.1) is 5.92 Å². The Bertz CT molecular complexity index is 375. The Morgan fingerprint density at radius 3 is 2.53 bits per heavy atom. The Kier molecular flexibility index (Phi) is 5.63. The number of halogens is 1. The summed E-state index contributed by atoms with van der Waals surface area (Å²) in [4.78, 5) is 14.8. The second-order valence-corrected chi connectivity index (χ2v) is 6.64. The standard InChI is InChI=1S/C13H20ClNOS/c1-9(2)7-10(3)15(4)8-11(16)12-5-6-13(14)17-12/h5-6,9-10H,7-8H2,1-4H3. The van der Waals surface area contributed by atoms with Crippen molar-refractivity contribution in [2.75, 3.05) is 13.6 Å². The number of ketones is 1. The van der Waals surface area contributed by atoms with Crippen LogP contribution in [-0.4, -0.2) is 30.3 Å². The molecule has 0 bridgehead atoms. The van der Waals surface area contributed by atoms with Crippen molar-refractivity contribution in [2.45, 2.75) is 33.2 Å². The minimum absolute atomic E-state index is 0.153. The zero-order chi connectivity index (χ0) is 13.0. The number of carbonyl (C=O) groups is 1. The largest absolute Gasteiger partial charge is 0.296 e. The van der Waals surface area contributed by atoms with Gasteiger partial charge in [-0.1, -0.05) is 25.4 Å². The van der Waals surface area contributed by atoms with Crippen molar-refractivity contribution in [3.63, 3.8) is 0 Å². The number of carbonyl (C=O) groups excluding carboxylic acids is 1. The predicted octanol–water partition coefficient (Wildman–Crippen LogP) is 3.95. The van der Waals surface area contributed by atoms with Gasteiger partial charge in [-0.2, -0.15) is 0 Å². The second-order valence-electron chi connectivity index (χ2n) is 4.92. The molecular weight excluding hydrogens is 254 g/mol. The zero-order valence-electron chi connectivity index (χ0n) is 10.9. The first-order valence-corrected chi connectivity index (χ1v) is 7.08. The van der Waals surface area contributed by atoms with Crippen LogP contribution in [0.15, 0.2) is 12.1 Å². The van der Waals surface area contributed by atoms with E-state index in [1.807, 2.05) is 7.05 Å². The van der Waals surface area contributed by atoms with Crippen LogP contribution in [0.3, 0.4) is 0 Å². The van der Waals surface area contributed by atoms with Crippen LogP contribution < -0.4 is 0 Å². The van der Waals surface area contributed by atoms with Crippen molar-refractivity contribution in [1.82, 2.24) is 4.90 Å². The molecule has 1 aromatic rings. The van der Waals surface area contributed by atoms with Gasteiger partial charge in [-0.05, 0) is 38.4 Å². The fourth-order valence-corrected chi connectivity index (χ4v) is 2.76. The van der Waals surface area contributed by atoms with E-state index < -0.39 is 0 Å². The maximum Gasteiger partial charge on any atom is 0.186 e. The molecule has 0 spiro atoms. The fraction of sp³-hybridized carbons (Fsp3) is 0.615. The molecule has 0 aliphatic rings. The summed E-state index contributed by atoms with van der Waals surface area (Å²) < 4.78 is 0.672. The molecule has 0 aromatic carbocycles. The van der Waals surface area contributed by atoms with Crippen LogP contribution in [0.1, 0.15) is 36.9 Å². The van der Waals surface area contributed by atoms with Gasteiger partial charge in [-0.25, -0.2) is 0 Å². The maximum atomic E-state index is 12.0. The third-order valence-corrected chi connectivity index (χ3v) is 4.08. The summed E-state index contributed by atoms with van der Waals surface area (Å²) in [7, 11) is 2.00. The molecule has 4 heteroatoms. The van der Waals surface area contributed by atoms with E-state index in [2.05, 4.69) is 25.7 Å². The van der Waals surface area contributed by atoms with Crippen molar-refractivity contribution in [3.8, 4) is 0 Å². The van der Waals surface area contributed by atoms with E-state index in [4.69, 9.17) is 11.6 Å². The summed E-state index contributed by atoms with van der Waals surface area (Å²) in [6.07, 6.45) is 1.11. The van der Waals surface area contributed by atoms with Gasteiger partial charge in [0.1, 0.15) is 0 Å². The van der Waals surface area contributed by atoms with Gasteiger partial charge in [0.05, 0.1) is 15.8 Å². The van der Waals surface area contributed by atoms with Crippen LogP contribution in [0.5, 0.6) is 0 Å². The SMILES string of the molecule is CC(C)CC(C)N(C)CC(=O)c1ccc(Cl)s1. The van der Waals surface area contributed by atoms with Gasteiger partial charge in [-0.15, -0.1) is 11.3 Å². The molecule has 0 saturated carbocycles. The zero-order valence-corrected chi connectivity index (χ0v) is 12.4. The van der Waals surface area contributed by atoms with Crippen molar-refractivity contribution in [1.29, 1.82) is 0 Å². The highest BCUT2D eigenvalue weighted by molar-refractivity contribution is 7.18. The number of thiophene rings is 1. The molecule has 1 aromatic heterocycles. The van der Waals surface area contributed by atoms with Crippen LogP contribution in [0.2, 0.25) is 4.34 Å². The first-order chi connectivity index (χ1) is 7.90. The third kappa shape index (κ3) is 4.78. The Labute approximate surface area is 113 Å². The lowest BCUT2D eigenvalue weighted by Crippen LogP contribution is -2.34. The number of nitrogens with zero attached hydrogens (tertiary/aromatic N) is 1. The molecule has 1 unspecified atom stereocenters. The quantitative estimate of drug-likeness (QED) is 0.732. The molecule has 96 valence electrons. The Balaban J connectivity index is 2.51. The molecule has 0 fully saturated rings. The molecule has 1 atom stereocenters. The van der Waals surface area contributed by atoms with Crippen molar-refractivity contribution in [2.24, 2.45) is 5.92 Å². The molecule has 0 N–H and O–H groups in total. The number of hydrogen-bond donors (Lipinski definition) is 0. The van der Waals surface area contributed by atoms with Gasteiger partial charge in [-0.3, -0.25) is 9.69 Å². The van der Waals surface area contributed by atoms with Crippen LogP contribution in [-0.2, 0) is 0 Å². The first kappa shape index (κ1) is 14.7. The Morgan fingerprint density at radius 2 is 2.06 bits per heavy atom. The molecule has 1 heterocycles. The molecular formula is C13H20ClNOS. The van der Waals surface area contributed by atoms with Crippen LogP contribution in [0.25, 0.3) is 0 Å². The van der Waals surface area contributed by atoms with E-state index in [1.165, 1.54) is 11.3 Å². The summed E-state index contributed by atoms with van der Waals surface area (Å²) in [5.41, 5.74) is 0. The summed E-state index contributed by atoms with van der Waals surface area (Å²) in [6, 6.07) is 4.00. The van der Waals surface area contributed by atoms with E-state index in [1.54, 1.807) is 12.1 Å². The maximum absolute atomic E-state index is 12.0. The smallest absolute Gasteiger partial charge is 0.186 e. The average molecular weight is 274 g/mol. The third-order valence-electron chi connectivity index (χ3n) is 2.81. The van der Waals surface area contributed by atoms with Crippen LogP contribution in [0.4, 0.5) is 0 Å². The Morgan fingerprint density at radius 1 is 1.41 bits per heavy atom. The van der Waals surface area contributed by atoms with Crippen molar-refractivity contribution >= 4 is 28.7 Å². The summed E-state index contributed by atoms with van der Waals surface area (Å²) in [5.74, 6) is 0.804. The summed E-state index contributed by atoms with van der Waals surface area (Å²) in [6.45, 7) is 7.02. The predicted molar refractivity (Wildman–Crippen MR) is 75.2 cm³/mol. The van der Waals surface area contributed by atoms with Gasteiger partial charge in [0.15, 0.2) is 5.78 Å². The number of likely N-dealkylation sites (N-methyl/N-ethyl adjacent to an activating group) is 1. The monoisotopic (exact) mass is 273 g/mol. The van der Waals surface area contributed by atoms with E-state index in [0.717, 1.165) is 11.3 Å². The highest BCUT2D eigenvalue weighted by Gasteiger charge is 2.16. The molecule has 0 radical (unpaired) electrons. The lowest BCUT2D eigenvalue weighted by Gasteiger charge is -2.25. The van der Waals surface area contributed by atoms with Gasteiger partial charge < -0.3 is 0 Å². The second kappa shape index (κ2) is 6.53. The lowest BCUT2D eigenvalue weighted by molar-refractivity contribution is 0.0920. The summed E-state index contributed by atoms with van der Waals surface area (Å²) in [5, 5.41) is 0. The molecule has 0 aliphatic carbocycles.